The van der Waals surface area contributed by atoms with Gasteiger partial charge in [-0.3, -0.25) is 0 Å². The predicted molar refractivity (Wildman–Crippen MR) is 67.3 cm³/mol. The Hall–Kier alpha value is -1.71. The van der Waals surface area contributed by atoms with Crippen molar-refractivity contribution in [2.24, 2.45) is 0 Å². The van der Waals surface area contributed by atoms with Crippen LogP contribution in [0.1, 0.15) is 36.7 Å². The van der Waals surface area contributed by atoms with Crippen molar-refractivity contribution in [1.82, 2.24) is 0 Å². The summed E-state index contributed by atoms with van der Waals surface area (Å²) in [6.45, 7) is 7.31. The molecule has 0 bridgehead atoms. The third kappa shape index (κ3) is 3.37. The zero-order valence-electron chi connectivity index (χ0n) is 11.0. The summed E-state index contributed by atoms with van der Waals surface area (Å²) in [6.07, 6.45) is 0. The van der Waals surface area contributed by atoms with Gasteiger partial charge in [0.15, 0.2) is 0 Å². The van der Waals surface area contributed by atoms with E-state index in [9.17, 15) is 4.79 Å². The summed E-state index contributed by atoms with van der Waals surface area (Å²) in [4.78, 5) is 11.9. The second kappa shape index (κ2) is 4.65. The molecule has 0 radical (unpaired) electrons. The summed E-state index contributed by atoms with van der Waals surface area (Å²) in [5.74, 6) is 0.0582. The number of carbonyl (C=O) groups excluding carboxylic acids is 1. The summed E-state index contributed by atoms with van der Waals surface area (Å²) in [6, 6.07) is 3.48. The normalized spacial score (nSPS) is 11.1. The molecule has 0 aliphatic rings. The summed E-state index contributed by atoms with van der Waals surface area (Å²) in [7, 11) is 1.52. The van der Waals surface area contributed by atoms with Crippen LogP contribution in [-0.4, -0.2) is 18.7 Å². The quantitative estimate of drug-likeness (QED) is 0.634. The lowest BCUT2D eigenvalue weighted by Crippen LogP contribution is -2.24. The molecule has 1 aromatic carbocycles. The first-order valence-corrected chi connectivity index (χ1v) is 5.42. The third-order valence-corrected chi connectivity index (χ3v) is 2.13. The van der Waals surface area contributed by atoms with Crippen molar-refractivity contribution in [2.75, 3.05) is 12.8 Å². The minimum atomic E-state index is -0.541. The van der Waals surface area contributed by atoms with E-state index >= 15 is 0 Å². The zero-order chi connectivity index (χ0) is 13.2. The minimum Gasteiger partial charge on any atom is -0.495 e. The first kappa shape index (κ1) is 13.4. The first-order valence-electron chi connectivity index (χ1n) is 5.42. The van der Waals surface area contributed by atoms with Crippen molar-refractivity contribution in [3.05, 3.63) is 23.3 Å². The minimum absolute atomic E-state index is 0.312. The first-order chi connectivity index (χ1) is 7.74. The number of esters is 1. The highest BCUT2D eigenvalue weighted by molar-refractivity contribution is 5.97. The number of benzene rings is 1. The van der Waals surface area contributed by atoms with E-state index in [4.69, 9.17) is 15.2 Å². The molecule has 0 aliphatic carbocycles. The number of nitrogen functional groups attached to an aromatic ring is 1. The van der Waals surface area contributed by atoms with Crippen molar-refractivity contribution < 1.29 is 14.3 Å². The van der Waals surface area contributed by atoms with Crippen LogP contribution < -0.4 is 10.5 Å². The molecule has 0 heterocycles. The average Bonchev–Trinajstić information content (AvgIpc) is 2.18. The van der Waals surface area contributed by atoms with Crippen molar-refractivity contribution in [3.63, 3.8) is 0 Å². The van der Waals surface area contributed by atoms with Crippen molar-refractivity contribution in [1.29, 1.82) is 0 Å². The molecule has 1 aromatic rings. The van der Waals surface area contributed by atoms with E-state index in [0.717, 1.165) is 5.56 Å². The smallest absolute Gasteiger partial charge is 0.340 e. The molecular formula is C13H19NO3. The Morgan fingerprint density at radius 2 is 1.88 bits per heavy atom. The van der Waals surface area contributed by atoms with Gasteiger partial charge in [0, 0.05) is 0 Å². The highest BCUT2D eigenvalue weighted by Gasteiger charge is 2.21. The van der Waals surface area contributed by atoms with Crippen LogP contribution in [0.3, 0.4) is 0 Å². The molecule has 0 fully saturated rings. The van der Waals surface area contributed by atoms with Gasteiger partial charge in [0.1, 0.15) is 11.4 Å². The fourth-order valence-corrected chi connectivity index (χ4v) is 1.44. The predicted octanol–water partition coefficient (Wildman–Crippen LogP) is 2.54. The van der Waals surface area contributed by atoms with Gasteiger partial charge in [-0.25, -0.2) is 4.79 Å². The van der Waals surface area contributed by atoms with Gasteiger partial charge in [-0.2, -0.15) is 0 Å². The van der Waals surface area contributed by atoms with Gasteiger partial charge in [-0.15, -0.1) is 0 Å². The second-order valence-corrected chi connectivity index (χ2v) is 4.93. The van der Waals surface area contributed by atoms with E-state index in [0.29, 0.717) is 17.0 Å². The largest absolute Gasteiger partial charge is 0.495 e. The van der Waals surface area contributed by atoms with Crippen LogP contribution in [0.25, 0.3) is 0 Å². The SMILES string of the molecule is COc1cc(C)cc(C(=O)OC(C)(C)C)c1N. The van der Waals surface area contributed by atoms with E-state index in [1.807, 2.05) is 27.7 Å². The van der Waals surface area contributed by atoms with E-state index in [1.54, 1.807) is 12.1 Å². The lowest BCUT2D eigenvalue weighted by Gasteiger charge is -2.20. The Bertz CT molecular complexity index is 433. The fourth-order valence-electron chi connectivity index (χ4n) is 1.44. The molecule has 94 valence electrons. The molecule has 0 spiro atoms. The van der Waals surface area contributed by atoms with E-state index in [2.05, 4.69) is 0 Å². The monoisotopic (exact) mass is 237 g/mol. The standard InChI is InChI=1S/C13H19NO3/c1-8-6-9(11(14)10(7-8)16-5)12(15)17-13(2,3)4/h6-7H,14H2,1-5H3. The van der Waals surface area contributed by atoms with Crippen LogP contribution in [-0.2, 0) is 4.74 Å². The molecule has 4 heteroatoms. The molecule has 1 rings (SSSR count). The maximum absolute atomic E-state index is 11.9. The number of ether oxygens (including phenoxy) is 2. The molecule has 2 N–H and O–H groups in total. The van der Waals surface area contributed by atoms with Crippen LogP contribution in [0, 0.1) is 6.92 Å². The summed E-state index contributed by atoms with van der Waals surface area (Å²) >= 11 is 0. The van der Waals surface area contributed by atoms with Crippen LogP contribution in [0.5, 0.6) is 5.75 Å². The fraction of sp³-hybridized carbons (Fsp3) is 0.462. The number of rotatable bonds is 2. The van der Waals surface area contributed by atoms with Crippen LogP contribution in [0.15, 0.2) is 12.1 Å². The molecule has 0 amide bonds. The number of anilines is 1. The summed E-state index contributed by atoms with van der Waals surface area (Å²) in [5, 5.41) is 0. The van der Waals surface area contributed by atoms with Gasteiger partial charge in [0.05, 0.1) is 18.4 Å². The Morgan fingerprint density at radius 3 is 2.35 bits per heavy atom. The Kier molecular flexibility index (Phi) is 3.66. The molecule has 0 saturated carbocycles. The highest BCUT2D eigenvalue weighted by Crippen LogP contribution is 2.28. The Labute approximate surface area is 102 Å². The lowest BCUT2D eigenvalue weighted by atomic mass is 10.1. The third-order valence-electron chi connectivity index (χ3n) is 2.13. The number of hydrogen-bond acceptors (Lipinski definition) is 4. The molecule has 0 atom stereocenters. The van der Waals surface area contributed by atoms with E-state index < -0.39 is 11.6 Å². The molecule has 0 aliphatic heterocycles. The number of hydrogen-bond donors (Lipinski definition) is 1. The van der Waals surface area contributed by atoms with Crippen LogP contribution in [0.4, 0.5) is 5.69 Å². The van der Waals surface area contributed by atoms with Gasteiger partial charge >= 0.3 is 5.97 Å². The van der Waals surface area contributed by atoms with E-state index in [1.165, 1.54) is 7.11 Å². The van der Waals surface area contributed by atoms with Gasteiger partial charge in [0.25, 0.3) is 0 Å². The number of methoxy groups -OCH3 is 1. The second-order valence-electron chi connectivity index (χ2n) is 4.93. The Morgan fingerprint density at radius 1 is 1.29 bits per heavy atom. The number of carbonyl (C=O) groups is 1. The van der Waals surface area contributed by atoms with Crippen molar-refractivity contribution >= 4 is 11.7 Å². The maximum atomic E-state index is 11.9. The van der Waals surface area contributed by atoms with Gasteiger partial charge in [-0.1, -0.05) is 0 Å². The van der Waals surface area contributed by atoms with Gasteiger partial charge < -0.3 is 15.2 Å². The summed E-state index contributed by atoms with van der Waals surface area (Å²) in [5.41, 5.74) is 6.87. The van der Waals surface area contributed by atoms with Crippen LogP contribution in [0.2, 0.25) is 0 Å². The average molecular weight is 237 g/mol. The molecule has 4 nitrogen and oxygen atoms in total. The molecule has 0 unspecified atom stereocenters. The maximum Gasteiger partial charge on any atom is 0.340 e. The topological polar surface area (TPSA) is 61.5 Å². The molecular weight excluding hydrogens is 218 g/mol. The molecule has 0 aromatic heterocycles. The Balaban J connectivity index is 3.14. The number of aryl methyl sites for hydroxylation is 1. The van der Waals surface area contributed by atoms with Gasteiger partial charge in [-0.05, 0) is 45.4 Å². The van der Waals surface area contributed by atoms with E-state index in [-0.39, 0.29) is 0 Å². The lowest BCUT2D eigenvalue weighted by molar-refractivity contribution is 0.00704. The highest BCUT2D eigenvalue weighted by atomic mass is 16.6. The van der Waals surface area contributed by atoms with Crippen LogP contribution >= 0.6 is 0 Å². The zero-order valence-corrected chi connectivity index (χ0v) is 11.0. The molecule has 0 saturated heterocycles. The van der Waals surface area contributed by atoms with Gasteiger partial charge in [0.2, 0.25) is 0 Å². The molecule has 17 heavy (non-hydrogen) atoms. The van der Waals surface area contributed by atoms with Crippen molar-refractivity contribution in [3.8, 4) is 5.75 Å². The van der Waals surface area contributed by atoms with Crippen molar-refractivity contribution in [2.45, 2.75) is 33.3 Å². The number of nitrogens with two attached hydrogens (primary N) is 1. The summed E-state index contributed by atoms with van der Waals surface area (Å²) < 4.78 is 10.4.